The highest BCUT2D eigenvalue weighted by Crippen LogP contribution is 2.11. The van der Waals surface area contributed by atoms with Crippen molar-refractivity contribution in [2.75, 3.05) is 42.3 Å². The van der Waals surface area contributed by atoms with Crippen molar-refractivity contribution in [3.05, 3.63) is 0 Å². The second-order valence-corrected chi connectivity index (χ2v) is 7.86. The Balaban J connectivity index is -0.000000144. The van der Waals surface area contributed by atoms with E-state index in [9.17, 15) is 0 Å². The molecule has 0 fully saturated rings. The molecular weight excluding hydrogens is 450 g/mol. The first-order valence-electron chi connectivity index (χ1n) is 3.69. The largest absolute Gasteiger partial charge is 0.247 e. The van der Waals surface area contributed by atoms with Gasteiger partial charge in [0.05, 0.1) is 0 Å². The predicted molar refractivity (Wildman–Crippen MR) is 90.6 cm³/mol. The second kappa shape index (κ2) is 18.7. The van der Waals surface area contributed by atoms with Gasteiger partial charge in [0, 0.05) is 75.6 Å². The van der Waals surface area contributed by atoms with E-state index in [2.05, 4.69) is 44.4 Å². The second-order valence-electron chi connectivity index (χ2n) is 2.64. The van der Waals surface area contributed by atoms with Gasteiger partial charge in [0.1, 0.15) is 0 Å². The zero-order valence-electron chi connectivity index (χ0n) is 9.70. The molecule has 0 aliphatic heterocycles. The SMILES string of the molecule is CN(C)SBr.CN(C)SBr.CN(C)SBr. The van der Waals surface area contributed by atoms with Crippen LogP contribution in [0.1, 0.15) is 0 Å². The fourth-order valence-electron chi connectivity index (χ4n) is 0. The van der Waals surface area contributed by atoms with Crippen molar-refractivity contribution in [2.24, 2.45) is 0 Å². The minimum atomic E-state index is 1.53. The molecule has 0 saturated carbocycles. The minimum Gasteiger partial charge on any atom is -0.247 e. The van der Waals surface area contributed by atoms with Crippen molar-refractivity contribution < 1.29 is 0 Å². The first kappa shape index (κ1) is 22.5. The molecule has 0 N–H and O–H groups in total. The molecule has 0 aromatic carbocycles. The Morgan fingerprint density at radius 1 is 0.533 bits per heavy atom. The lowest BCUT2D eigenvalue weighted by Gasteiger charge is -1.96. The van der Waals surface area contributed by atoms with Crippen LogP contribution in [-0.4, -0.2) is 55.2 Å². The molecule has 0 spiro atoms. The van der Waals surface area contributed by atoms with Crippen LogP contribution in [0.25, 0.3) is 0 Å². The molecule has 0 amide bonds. The molecule has 15 heavy (non-hydrogen) atoms. The molecule has 0 radical (unpaired) electrons. The first-order valence-corrected chi connectivity index (χ1v) is 11.5. The van der Waals surface area contributed by atoms with Gasteiger partial charge in [0.25, 0.3) is 0 Å². The van der Waals surface area contributed by atoms with E-state index >= 15 is 0 Å². The maximum absolute atomic E-state index is 3.16. The summed E-state index contributed by atoms with van der Waals surface area (Å²) in [5, 5.41) is 0. The highest BCUT2D eigenvalue weighted by atomic mass is 79.9. The number of nitrogens with zero attached hydrogens (tertiary/aromatic N) is 3. The van der Waals surface area contributed by atoms with E-state index in [1.165, 1.54) is 31.1 Å². The first-order chi connectivity index (χ1) is 6.81. The summed E-state index contributed by atoms with van der Waals surface area (Å²) in [5.41, 5.74) is 0. The van der Waals surface area contributed by atoms with Crippen LogP contribution in [0.2, 0.25) is 0 Å². The quantitative estimate of drug-likeness (QED) is 0.560. The van der Waals surface area contributed by atoms with E-state index < -0.39 is 0 Å². The molecule has 0 atom stereocenters. The smallest absolute Gasteiger partial charge is 0.00717 e. The van der Waals surface area contributed by atoms with Crippen LogP contribution in [0.4, 0.5) is 0 Å². The van der Waals surface area contributed by atoms with Crippen molar-refractivity contribution in [1.82, 2.24) is 12.9 Å². The Hall–Kier alpha value is 2.37. The third kappa shape index (κ3) is 48.3. The topological polar surface area (TPSA) is 9.72 Å². The molecule has 0 unspecified atom stereocenters. The summed E-state index contributed by atoms with van der Waals surface area (Å²) >= 11 is 9.47. The van der Waals surface area contributed by atoms with Gasteiger partial charge in [-0.15, -0.1) is 0 Å². The Morgan fingerprint density at radius 3 is 0.600 bits per heavy atom. The van der Waals surface area contributed by atoms with E-state index in [4.69, 9.17) is 0 Å². The number of hydrogen-bond donors (Lipinski definition) is 0. The van der Waals surface area contributed by atoms with Gasteiger partial charge >= 0.3 is 0 Å². The highest BCUT2D eigenvalue weighted by Gasteiger charge is 1.76. The lowest BCUT2D eigenvalue weighted by Crippen LogP contribution is -1.93. The van der Waals surface area contributed by atoms with Crippen LogP contribution >= 0.6 is 75.6 Å². The van der Waals surface area contributed by atoms with Crippen molar-refractivity contribution in [3.63, 3.8) is 0 Å². The molecule has 96 valence electrons. The lowest BCUT2D eigenvalue weighted by atomic mass is 11.3. The third-order valence-corrected chi connectivity index (χ3v) is 6.45. The average molecular weight is 468 g/mol. The van der Waals surface area contributed by atoms with Gasteiger partial charge in [0.2, 0.25) is 0 Å². The van der Waals surface area contributed by atoms with Gasteiger partial charge in [-0.2, -0.15) is 0 Å². The molecule has 0 aliphatic carbocycles. The number of hydrogen-bond acceptors (Lipinski definition) is 6. The summed E-state index contributed by atoms with van der Waals surface area (Å²) < 4.78 is 5.88. The number of rotatable bonds is 3. The summed E-state index contributed by atoms with van der Waals surface area (Å²) in [5.74, 6) is 0. The van der Waals surface area contributed by atoms with Crippen LogP contribution < -0.4 is 0 Å². The van der Waals surface area contributed by atoms with Crippen LogP contribution in [0.15, 0.2) is 0 Å². The Morgan fingerprint density at radius 2 is 0.600 bits per heavy atom. The predicted octanol–water partition coefficient (Wildman–Crippen LogP) is 4.52. The summed E-state index contributed by atoms with van der Waals surface area (Å²) in [7, 11) is 16.4. The van der Waals surface area contributed by atoms with Gasteiger partial charge in [-0.05, 0) is 42.3 Å². The molecule has 0 aromatic rings. The number of halogens is 3. The van der Waals surface area contributed by atoms with Gasteiger partial charge in [-0.3, -0.25) is 0 Å². The minimum absolute atomic E-state index is 1.53. The Bertz CT molecular complexity index is 89.8. The molecule has 9 heteroatoms. The molecule has 0 saturated heterocycles. The molecular formula is C6H18Br3N3S3. The van der Waals surface area contributed by atoms with Crippen molar-refractivity contribution in [1.29, 1.82) is 0 Å². The fraction of sp³-hybridized carbons (Fsp3) is 1.00. The summed E-state index contributed by atoms with van der Waals surface area (Å²) in [6.45, 7) is 0. The molecule has 0 rings (SSSR count). The molecule has 3 nitrogen and oxygen atoms in total. The normalized spacial score (nSPS) is 9.60. The maximum atomic E-state index is 3.16. The van der Waals surface area contributed by atoms with Crippen molar-refractivity contribution in [3.8, 4) is 0 Å². The maximum Gasteiger partial charge on any atom is 0.00717 e. The lowest BCUT2D eigenvalue weighted by molar-refractivity contribution is 0.712. The zero-order valence-corrected chi connectivity index (χ0v) is 16.9. The average Bonchev–Trinajstić information content (AvgIpc) is 2.19. The van der Waals surface area contributed by atoms with Crippen LogP contribution in [0.5, 0.6) is 0 Å². The summed E-state index contributed by atoms with van der Waals surface area (Å²) in [4.78, 5) is 0. The monoisotopic (exact) mass is 465 g/mol. The summed E-state index contributed by atoms with van der Waals surface area (Å²) in [6, 6.07) is 0. The Labute approximate surface area is 129 Å². The Kier molecular flexibility index (Phi) is 28.1. The third-order valence-electron chi connectivity index (χ3n) is 0.414. The van der Waals surface area contributed by atoms with Gasteiger partial charge < -0.3 is 0 Å². The molecule has 0 aromatic heterocycles. The molecule has 0 aliphatic rings. The van der Waals surface area contributed by atoms with Gasteiger partial charge in [0.15, 0.2) is 0 Å². The van der Waals surface area contributed by atoms with Crippen LogP contribution in [-0.2, 0) is 0 Å². The van der Waals surface area contributed by atoms with E-state index in [1.54, 1.807) is 0 Å². The van der Waals surface area contributed by atoms with Gasteiger partial charge in [-0.25, -0.2) is 12.9 Å². The fourth-order valence-corrected chi connectivity index (χ4v) is 0. The zero-order chi connectivity index (χ0) is 12.9. The van der Waals surface area contributed by atoms with Crippen LogP contribution in [0.3, 0.4) is 0 Å². The molecule has 0 heterocycles. The standard InChI is InChI=1S/3C2H6BrNS/c3*1-4(2)5-3/h3*1-2H3. The van der Waals surface area contributed by atoms with E-state index in [-0.39, 0.29) is 0 Å². The van der Waals surface area contributed by atoms with Crippen LogP contribution in [0, 0.1) is 0 Å². The van der Waals surface area contributed by atoms with E-state index in [0.717, 1.165) is 0 Å². The van der Waals surface area contributed by atoms with E-state index in [0.29, 0.717) is 0 Å². The molecule has 0 bridgehead atoms. The van der Waals surface area contributed by atoms with Gasteiger partial charge in [-0.1, -0.05) is 0 Å². The highest BCUT2D eigenvalue weighted by molar-refractivity contribution is 9.50. The summed E-state index contributed by atoms with van der Waals surface area (Å²) in [6.07, 6.45) is 0. The van der Waals surface area contributed by atoms with Crippen molar-refractivity contribution >= 4 is 75.6 Å². The van der Waals surface area contributed by atoms with E-state index in [1.807, 2.05) is 55.2 Å². The van der Waals surface area contributed by atoms with Crippen molar-refractivity contribution in [2.45, 2.75) is 0 Å².